The quantitative estimate of drug-likeness (QED) is 0.188. The van der Waals surface area contributed by atoms with Crippen LogP contribution in [-0.4, -0.2) is 76.2 Å². The monoisotopic (exact) mass is 529 g/mol. The number of aliphatic hydroxyl groups excluding tert-OH is 1. The van der Waals surface area contributed by atoms with E-state index in [1.54, 1.807) is 4.90 Å². The first-order valence-electron chi connectivity index (χ1n) is 11.9. The van der Waals surface area contributed by atoms with Gasteiger partial charge in [0.2, 0.25) is 17.0 Å². The molecule has 1 N–H and O–H groups in total. The van der Waals surface area contributed by atoms with Crippen LogP contribution in [0.3, 0.4) is 0 Å². The number of esters is 1. The van der Waals surface area contributed by atoms with E-state index in [0.29, 0.717) is 12.8 Å². The third-order valence-electron chi connectivity index (χ3n) is 7.17. The highest BCUT2D eigenvalue weighted by molar-refractivity contribution is 6.28. The average Bonchev–Trinajstić information content (AvgIpc) is 2.91. The smallest absolute Gasteiger partial charge is 0.333 e. The second kappa shape index (κ2) is 10.8. The molecule has 196 valence electrons. The summed E-state index contributed by atoms with van der Waals surface area (Å²) >= 11 is 6.29. The summed E-state index contributed by atoms with van der Waals surface area (Å²) in [6.45, 7) is 3.65. The summed E-state index contributed by atoms with van der Waals surface area (Å²) in [6, 6.07) is 6.83. The summed E-state index contributed by atoms with van der Waals surface area (Å²) in [5.74, 6) is -0.867. The van der Waals surface area contributed by atoms with Gasteiger partial charge in [0.05, 0.1) is 30.1 Å². The molecular formula is C25H28ClN5O6. The summed E-state index contributed by atoms with van der Waals surface area (Å²) in [5.41, 5.74) is 0.157. The number of aromatic nitrogens is 2. The molecule has 1 aliphatic heterocycles. The number of carbonyl (C=O) groups is 2. The van der Waals surface area contributed by atoms with Gasteiger partial charge in [-0.15, -0.1) is 0 Å². The number of piperazine rings is 1. The van der Waals surface area contributed by atoms with Crippen LogP contribution in [0, 0.1) is 10.1 Å². The average molecular weight is 530 g/mol. The number of hydrogen-bond donors (Lipinski definition) is 1. The highest BCUT2D eigenvalue weighted by Gasteiger charge is 2.47. The molecule has 2 atom stereocenters. The first-order valence-corrected chi connectivity index (χ1v) is 12.3. The summed E-state index contributed by atoms with van der Waals surface area (Å²) < 4.78 is 5.20. The van der Waals surface area contributed by atoms with Crippen LogP contribution in [0.15, 0.2) is 36.9 Å². The van der Waals surface area contributed by atoms with Gasteiger partial charge in [-0.05, 0) is 48.1 Å². The van der Waals surface area contributed by atoms with Crippen molar-refractivity contribution in [1.29, 1.82) is 0 Å². The fraction of sp³-hybridized carbons (Fsp3) is 0.440. The molecule has 1 aliphatic carbocycles. The summed E-state index contributed by atoms with van der Waals surface area (Å²) in [5, 5.41) is 22.3. The molecule has 0 bridgehead atoms. The van der Waals surface area contributed by atoms with E-state index in [4.69, 9.17) is 16.3 Å². The Kier molecular flexibility index (Phi) is 7.74. The number of rotatable bonds is 7. The molecule has 0 spiro atoms. The highest BCUT2D eigenvalue weighted by atomic mass is 35.5. The molecule has 1 aromatic carbocycles. The number of ether oxygens (including phenoxy) is 1. The van der Waals surface area contributed by atoms with Crippen molar-refractivity contribution in [3.63, 3.8) is 0 Å². The van der Waals surface area contributed by atoms with Crippen molar-refractivity contribution in [1.82, 2.24) is 14.9 Å². The SMILES string of the molecule is C=CC(=O)N1CCN(c2nc(Cl)nc(CC3(C(=O)OC)CCCc4ccccc43)c2[N+](=O)[O-])[C@@H](CO)C1. The number of methoxy groups -OCH3 is 1. The number of nitrogens with zero attached hydrogens (tertiary/aromatic N) is 5. The van der Waals surface area contributed by atoms with Gasteiger partial charge >= 0.3 is 11.7 Å². The van der Waals surface area contributed by atoms with Gasteiger partial charge in [-0.1, -0.05) is 30.8 Å². The minimum atomic E-state index is -1.19. The zero-order chi connectivity index (χ0) is 26.7. The Bertz CT molecular complexity index is 1240. The van der Waals surface area contributed by atoms with Gasteiger partial charge in [0.1, 0.15) is 5.69 Å². The van der Waals surface area contributed by atoms with Gasteiger partial charge in [0.15, 0.2) is 0 Å². The topological polar surface area (TPSA) is 139 Å². The van der Waals surface area contributed by atoms with E-state index in [0.717, 1.165) is 17.5 Å². The van der Waals surface area contributed by atoms with Crippen LogP contribution in [0.2, 0.25) is 5.28 Å². The molecule has 2 heterocycles. The minimum absolute atomic E-state index is 0.00314. The van der Waals surface area contributed by atoms with Crippen molar-refractivity contribution < 1.29 is 24.4 Å². The number of carbonyl (C=O) groups excluding carboxylic acids is 2. The fourth-order valence-electron chi connectivity index (χ4n) is 5.46. The lowest BCUT2D eigenvalue weighted by atomic mass is 9.67. The summed E-state index contributed by atoms with van der Waals surface area (Å²) in [4.78, 5) is 48.7. The molecule has 0 saturated carbocycles. The van der Waals surface area contributed by atoms with Crippen molar-refractivity contribution in [2.24, 2.45) is 0 Å². The molecule has 2 aromatic rings. The Balaban J connectivity index is 1.82. The van der Waals surface area contributed by atoms with E-state index in [1.807, 2.05) is 24.3 Å². The third-order valence-corrected chi connectivity index (χ3v) is 7.34. The lowest BCUT2D eigenvalue weighted by Crippen LogP contribution is -2.56. The number of benzene rings is 1. The molecule has 2 aliphatic rings. The molecule has 1 fully saturated rings. The molecule has 0 radical (unpaired) electrons. The number of nitro groups is 1. The Labute approximate surface area is 218 Å². The maximum absolute atomic E-state index is 13.3. The lowest BCUT2D eigenvalue weighted by molar-refractivity contribution is -0.385. The van der Waals surface area contributed by atoms with E-state index in [1.165, 1.54) is 18.1 Å². The van der Waals surface area contributed by atoms with Gasteiger partial charge in [-0.25, -0.2) is 4.98 Å². The van der Waals surface area contributed by atoms with Crippen LogP contribution >= 0.6 is 11.6 Å². The van der Waals surface area contributed by atoms with Crippen LogP contribution in [0.4, 0.5) is 11.5 Å². The maximum atomic E-state index is 13.3. The number of amides is 1. The molecule has 1 aromatic heterocycles. The normalized spacial score (nSPS) is 21.2. The number of aliphatic hydroxyl groups is 1. The molecular weight excluding hydrogens is 502 g/mol. The lowest BCUT2D eigenvalue weighted by Gasteiger charge is -2.41. The minimum Gasteiger partial charge on any atom is -0.468 e. The van der Waals surface area contributed by atoms with Crippen LogP contribution in [0.5, 0.6) is 0 Å². The Morgan fingerprint density at radius 2 is 2.11 bits per heavy atom. The van der Waals surface area contributed by atoms with E-state index in [-0.39, 0.29) is 55.4 Å². The van der Waals surface area contributed by atoms with E-state index in [9.17, 15) is 24.8 Å². The zero-order valence-corrected chi connectivity index (χ0v) is 21.2. The van der Waals surface area contributed by atoms with Gasteiger partial charge < -0.3 is 19.6 Å². The number of fused-ring (bicyclic) bond motifs is 1. The van der Waals surface area contributed by atoms with Gasteiger partial charge in [-0.3, -0.25) is 19.7 Å². The van der Waals surface area contributed by atoms with Crippen LogP contribution in [0.25, 0.3) is 0 Å². The maximum Gasteiger partial charge on any atom is 0.333 e. The number of aryl methyl sites for hydroxylation is 1. The second-order valence-corrected chi connectivity index (χ2v) is 9.49. The first kappa shape index (κ1) is 26.5. The van der Waals surface area contributed by atoms with Crippen molar-refractivity contribution in [2.45, 2.75) is 37.1 Å². The zero-order valence-electron chi connectivity index (χ0n) is 20.4. The van der Waals surface area contributed by atoms with E-state index in [2.05, 4.69) is 16.5 Å². The largest absolute Gasteiger partial charge is 0.468 e. The van der Waals surface area contributed by atoms with Crippen LogP contribution < -0.4 is 4.90 Å². The van der Waals surface area contributed by atoms with Crippen LogP contribution in [0.1, 0.15) is 29.7 Å². The molecule has 1 saturated heterocycles. The first-order chi connectivity index (χ1) is 17.7. The van der Waals surface area contributed by atoms with E-state index < -0.39 is 28.0 Å². The van der Waals surface area contributed by atoms with Crippen molar-refractivity contribution >= 4 is 35.0 Å². The predicted octanol–water partition coefficient (Wildman–Crippen LogP) is 2.22. The third kappa shape index (κ3) is 4.88. The molecule has 12 heteroatoms. The number of hydrogen-bond acceptors (Lipinski definition) is 9. The van der Waals surface area contributed by atoms with Gasteiger partial charge in [0, 0.05) is 26.1 Å². The summed E-state index contributed by atoms with van der Waals surface area (Å²) in [6.07, 6.45) is 2.96. The predicted molar refractivity (Wildman–Crippen MR) is 135 cm³/mol. The second-order valence-electron chi connectivity index (χ2n) is 9.15. The Hall–Kier alpha value is -3.57. The van der Waals surface area contributed by atoms with Crippen molar-refractivity contribution in [2.75, 3.05) is 38.3 Å². The highest BCUT2D eigenvalue weighted by Crippen LogP contribution is 2.43. The van der Waals surface area contributed by atoms with Gasteiger partial charge in [0.25, 0.3) is 0 Å². The molecule has 37 heavy (non-hydrogen) atoms. The molecule has 1 amide bonds. The number of anilines is 1. The molecule has 11 nitrogen and oxygen atoms in total. The summed E-state index contributed by atoms with van der Waals surface area (Å²) in [7, 11) is 1.30. The van der Waals surface area contributed by atoms with Crippen LogP contribution in [-0.2, 0) is 32.6 Å². The fourth-order valence-corrected chi connectivity index (χ4v) is 5.64. The molecule has 1 unspecified atom stereocenters. The van der Waals surface area contributed by atoms with E-state index >= 15 is 0 Å². The van der Waals surface area contributed by atoms with Crippen molar-refractivity contribution in [3.8, 4) is 0 Å². The standard InChI is InChI=1S/C25H28ClN5O6/c1-3-20(33)29-11-12-30(17(14-29)15-32)22-21(31(35)36)19(27-24(26)28-22)13-25(23(34)37-2)10-6-8-16-7-4-5-9-18(16)25/h3-5,7,9,17,32H,1,6,8,10-15H2,2H3/t17-,25?/m1/s1. The molecule has 4 rings (SSSR count). The Morgan fingerprint density at radius 1 is 1.35 bits per heavy atom. The Morgan fingerprint density at radius 3 is 2.78 bits per heavy atom. The van der Waals surface area contributed by atoms with Gasteiger partial charge in [-0.2, -0.15) is 4.98 Å². The number of halogens is 1. The van der Waals surface area contributed by atoms with Crippen molar-refractivity contribution in [3.05, 3.63) is 69.1 Å².